The van der Waals surface area contributed by atoms with Gasteiger partial charge in [0.1, 0.15) is 0 Å². The first-order chi connectivity index (χ1) is 7.08. The molecule has 0 radical (unpaired) electrons. The molecular weight excluding hydrogens is 208 g/mol. The van der Waals surface area contributed by atoms with E-state index in [4.69, 9.17) is 4.74 Å². The highest BCUT2D eigenvalue weighted by atomic mass is 32.2. The van der Waals surface area contributed by atoms with Gasteiger partial charge in [-0.15, -0.1) is 11.8 Å². The predicted molar refractivity (Wildman–Crippen MR) is 63.1 cm³/mol. The van der Waals surface area contributed by atoms with Crippen LogP contribution < -0.4 is 0 Å². The standard InChI is InChI=1S/C12H16O2S/c1-9(2)14-12(13)8-15-11-6-4-10(3)5-7-11/h4-7,9H,8H2,1-3H3. The molecule has 82 valence electrons. The maximum absolute atomic E-state index is 11.3. The molecule has 0 saturated carbocycles. The zero-order valence-corrected chi connectivity index (χ0v) is 10.1. The van der Waals surface area contributed by atoms with Crippen molar-refractivity contribution in [2.45, 2.75) is 31.8 Å². The number of aryl methyl sites for hydroxylation is 1. The minimum Gasteiger partial charge on any atom is -0.462 e. The second-order valence-electron chi connectivity index (χ2n) is 3.64. The molecule has 2 nitrogen and oxygen atoms in total. The summed E-state index contributed by atoms with van der Waals surface area (Å²) in [5.74, 6) is 0.219. The summed E-state index contributed by atoms with van der Waals surface area (Å²) < 4.78 is 5.04. The number of carbonyl (C=O) groups excluding carboxylic acids is 1. The Balaban J connectivity index is 2.37. The zero-order valence-electron chi connectivity index (χ0n) is 9.32. The molecule has 0 fully saturated rings. The molecule has 0 aromatic heterocycles. The van der Waals surface area contributed by atoms with Gasteiger partial charge in [-0.3, -0.25) is 4.79 Å². The number of ether oxygens (including phenoxy) is 1. The van der Waals surface area contributed by atoms with Gasteiger partial charge in [0.05, 0.1) is 11.9 Å². The molecule has 0 amide bonds. The molecule has 1 aromatic rings. The number of rotatable bonds is 4. The van der Waals surface area contributed by atoms with Crippen molar-refractivity contribution in [3.63, 3.8) is 0 Å². The van der Waals surface area contributed by atoms with Crippen LogP contribution in [0.15, 0.2) is 29.2 Å². The summed E-state index contributed by atoms with van der Waals surface area (Å²) in [5, 5.41) is 0. The van der Waals surface area contributed by atoms with Crippen LogP contribution in [0.25, 0.3) is 0 Å². The minimum atomic E-state index is -0.157. The fraction of sp³-hybridized carbons (Fsp3) is 0.417. The van der Waals surface area contributed by atoms with E-state index in [2.05, 4.69) is 0 Å². The van der Waals surface area contributed by atoms with Gasteiger partial charge < -0.3 is 4.74 Å². The molecule has 0 spiro atoms. The monoisotopic (exact) mass is 224 g/mol. The lowest BCUT2D eigenvalue weighted by molar-refractivity contribution is -0.144. The van der Waals surface area contributed by atoms with E-state index >= 15 is 0 Å². The Labute approximate surface area is 95.0 Å². The average Bonchev–Trinajstić information content (AvgIpc) is 2.16. The summed E-state index contributed by atoms with van der Waals surface area (Å²) >= 11 is 1.50. The summed E-state index contributed by atoms with van der Waals surface area (Å²) in [6, 6.07) is 8.11. The number of benzene rings is 1. The third-order valence-electron chi connectivity index (χ3n) is 1.74. The van der Waals surface area contributed by atoms with Crippen LogP contribution in [0, 0.1) is 6.92 Å². The number of hydrogen-bond donors (Lipinski definition) is 0. The number of carbonyl (C=O) groups is 1. The Bertz CT molecular complexity index is 317. The van der Waals surface area contributed by atoms with E-state index < -0.39 is 0 Å². The maximum atomic E-state index is 11.3. The molecule has 0 aliphatic carbocycles. The molecule has 0 saturated heterocycles. The number of thioether (sulfide) groups is 1. The van der Waals surface area contributed by atoms with Crippen molar-refractivity contribution in [2.24, 2.45) is 0 Å². The van der Waals surface area contributed by atoms with E-state index in [9.17, 15) is 4.79 Å². The van der Waals surface area contributed by atoms with Crippen molar-refractivity contribution < 1.29 is 9.53 Å². The van der Waals surface area contributed by atoms with Gasteiger partial charge in [0.15, 0.2) is 0 Å². The van der Waals surface area contributed by atoms with Gasteiger partial charge in [0.2, 0.25) is 0 Å². The maximum Gasteiger partial charge on any atom is 0.316 e. The second-order valence-corrected chi connectivity index (χ2v) is 4.69. The Morgan fingerprint density at radius 3 is 2.47 bits per heavy atom. The van der Waals surface area contributed by atoms with Crippen LogP contribution in [0.1, 0.15) is 19.4 Å². The van der Waals surface area contributed by atoms with E-state index in [1.54, 1.807) is 0 Å². The van der Waals surface area contributed by atoms with Gasteiger partial charge in [0.25, 0.3) is 0 Å². The van der Waals surface area contributed by atoms with E-state index in [-0.39, 0.29) is 12.1 Å². The fourth-order valence-corrected chi connectivity index (χ4v) is 1.75. The highest BCUT2D eigenvalue weighted by Crippen LogP contribution is 2.18. The van der Waals surface area contributed by atoms with Crippen LogP contribution >= 0.6 is 11.8 Å². The van der Waals surface area contributed by atoms with Crippen molar-refractivity contribution in [2.75, 3.05) is 5.75 Å². The van der Waals surface area contributed by atoms with Crippen molar-refractivity contribution in [1.29, 1.82) is 0 Å². The Morgan fingerprint density at radius 1 is 1.33 bits per heavy atom. The molecule has 0 bridgehead atoms. The van der Waals surface area contributed by atoms with Crippen molar-refractivity contribution in [1.82, 2.24) is 0 Å². The van der Waals surface area contributed by atoms with Gasteiger partial charge in [-0.1, -0.05) is 17.7 Å². The topological polar surface area (TPSA) is 26.3 Å². The fourth-order valence-electron chi connectivity index (χ4n) is 1.07. The number of hydrogen-bond acceptors (Lipinski definition) is 3. The van der Waals surface area contributed by atoms with E-state index in [1.165, 1.54) is 17.3 Å². The molecular formula is C12H16O2S. The normalized spacial score (nSPS) is 10.4. The van der Waals surface area contributed by atoms with Crippen molar-refractivity contribution in [3.05, 3.63) is 29.8 Å². The van der Waals surface area contributed by atoms with Gasteiger partial charge in [-0.05, 0) is 32.9 Å². The lowest BCUT2D eigenvalue weighted by Crippen LogP contribution is -2.13. The van der Waals surface area contributed by atoms with Crippen LogP contribution in [0.5, 0.6) is 0 Å². The predicted octanol–water partition coefficient (Wildman–Crippen LogP) is 3.04. The third kappa shape index (κ3) is 4.88. The molecule has 0 unspecified atom stereocenters. The van der Waals surface area contributed by atoms with Crippen LogP contribution in [0.4, 0.5) is 0 Å². The SMILES string of the molecule is Cc1ccc(SCC(=O)OC(C)C)cc1. The smallest absolute Gasteiger partial charge is 0.316 e. The summed E-state index contributed by atoms with van der Waals surface area (Å²) in [6.45, 7) is 5.75. The van der Waals surface area contributed by atoms with Crippen LogP contribution in [0.3, 0.4) is 0 Å². The zero-order chi connectivity index (χ0) is 11.3. The second kappa shape index (κ2) is 5.81. The molecule has 0 N–H and O–H groups in total. The first-order valence-electron chi connectivity index (χ1n) is 4.97. The molecule has 15 heavy (non-hydrogen) atoms. The van der Waals surface area contributed by atoms with Crippen LogP contribution in [-0.4, -0.2) is 17.8 Å². The molecule has 0 aliphatic rings. The lowest BCUT2D eigenvalue weighted by atomic mass is 10.2. The number of esters is 1. The quantitative estimate of drug-likeness (QED) is 0.581. The van der Waals surface area contributed by atoms with Crippen molar-refractivity contribution >= 4 is 17.7 Å². The molecule has 0 heterocycles. The first-order valence-corrected chi connectivity index (χ1v) is 5.95. The highest BCUT2D eigenvalue weighted by molar-refractivity contribution is 8.00. The first kappa shape index (κ1) is 12.1. The largest absolute Gasteiger partial charge is 0.462 e. The molecule has 0 atom stereocenters. The van der Waals surface area contributed by atoms with Crippen LogP contribution in [0.2, 0.25) is 0 Å². The Hall–Kier alpha value is -0.960. The average molecular weight is 224 g/mol. The van der Waals surface area contributed by atoms with Gasteiger partial charge in [-0.25, -0.2) is 0 Å². The lowest BCUT2D eigenvalue weighted by Gasteiger charge is -2.07. The third-order valence-corrected chi connectivity index (χ3v) is 2.73. The minimum absolute atomic E-state index is 0.0314. The Morgan fingerprint density at radius 2 is 1.93 bits per heavy atom. The summed E-state index contributed by atoms with van der Waals surface area (Å²) in [5.41, 5.74) is 1.23. The Kier molecular flexibility index (Phi) is 4.69. The van der Waals surface area contributed by atoms with Crippen molar-refractivity contribution in [3.8, 4) is 0 Å². The van der Waals surface area contributed by atoms with Gasteiger partial charge >= 0.3 is 5.97 Å². The molecule has 1 rings (SSSR count). The van der Waals surface area contributed by atoms with Gasteiger partial charge in [0, 0.05) is 4.90 Å². The molecule has 0 aliphatic heterocycles. The summed E-state index contributed by atoms with van der Waals surface area (Å²) in [4.78, 5) is 12.3. The van der Waals surface area contributed by atoms with E-state index in [1.807, 2.05) is 45.0 Å². The highest BCUT2D eigenvalue weighted by Gasteiger charge is 2.05. The molecule has 1 aromatic carbocycles. The van der Waals surface area contributed by atoms with E-state index in [0.717, 1.165) is 4.90 Å². The van der Waals surface area contributed by atoms with Crippen LogP contribution in [-0.2, 0) is 9.53 Å². The summed E-state index contributed by atoms with van der Waals surface area (Å²) in [6.07, 6.45) is -0.0314. The van der Waals surface area contributed by atoms with Gasteiger partial charge in [-0.2, -0.15) is 0 Å². The summed E-state index contributed by atoms with van der Waals surface area (Å²) in [7, 11) is 0. The van der Waals surface area contributed by atoms with E-state index in [0.29, 0.717) is 5.75 Å². The molecule has 3 heteroatoms.